The number of alkyl halides is 3. The largest absolute Gasteiger partial charge is 0.389 e. The molecule has 0 nitrogen and oxygen atoms in total. The Morgan fingerprint density at radius 2 is 1.17 bits per heavy atom. The maximum atomic E-state index is 12.1. The third kappa shape index (κ3) is 12.3. The van der Waals surface area contributed by atoms with Crippen LogP contribution >= 0.6 is 0 Å². The molecule has 0 aliphatic rings. The molecule has 0 saturated carbocycles. The van der Waals surface area contributed by atoms with Crippen molar-refractivity contribution < 1.29 is 13.2 Å². The van der Waals surface area contributed by atoms with Crippen LogP contribution in [0.1, 0.15) is 84.5 Å². The summed E-state index contributed by atoms with van der Waals surface area (Å²) in [6.45, 7) is 4.32. The molecule has 0 N–H and O–H groups in total. The lowest BCUT2D eigenvalue weighted by molar-refractivity contribution is -0.136. The fourth-order valence-corrected chi connectivity index (χ4v) is 2.39. The van der Waals surface area contributed by atoms with Gasteiger partial charge in [0.1, 0.15) is 0 Å². The standard InChI is InChI=1S/C15H29F3/c1-3-5-7-10-14(11-8-6-4-2)12-9-13-15(16,17)18/h14H,3-13H2,1-2H3. The van der Waals surface area contributed by atoms with Gasteiger partial charge >= 0.3 is 6.18 Å². The number of unbranched alkanes of at least 4 members (excludes halogenated alkanes) is 4. The predicted octanol–water partition coefficient (Wildman–Crippen LogP) is 6.50. The van der Waals surface area contributed by atoms with Crippen LogP contribution in [0.5, 0.6) is 0 Å². The van der Waals surface area contributed by atoms with Crippen molar-refractivity contribution in [3.63, 3.8) is 0 Å². The minimum atomic E-state index is -3.97. The second-order valence-electron chi connectivity index (χ2n) is 5.36. The maximum Gasteiger partial charge on any atom is 0.389 e. The molecule has 0 amide bonds. The van der Waals surface area contributed by atoms with E-state index in [1.54, 1.807) is 0 Å². The molecule has 3 heteroatoms. The average molecular weight is 266 g/mol. The maximum absolute atomic E-state index is 12.1. The van der Waals surface area contributed by atoms with Gasteiger partial charge in [0.2, 0.25) is 0 Å². The van der Waals surface area contributed by atoms with Crippen LogP contribution < -0.4 is 0 Å². The van der Waals surface area contributed by atoms with E-state index in [0.717, 1.165) is 19.3 Å². The fourth-order valence-electron chi connectivity index (χ4n) is 2.39. The third-order valence-corrected chi connectivity index (χ3v) is 3.50. The van der Waals surface area contributed by atoms with E-state index in [4.69, 9.17) is 0 Å². The first-order chi connectivity index (χ1) is 8.49. The summed E-state index contributed by atoms with van der Waals surface area (Å²) in [5.74, 6) is 0.519. The van der Waals surface area contributed by atoms with Crippen molar-refractivity contribution in [3.05, 3.63) is 0 Å². The van der Waals surface area contributed by atoms with Crippen LogP contribution in [0.3, 0.4) is 0 Å². The molecule has 0 rings (SSSR count). The summed E-state index contributed by atoms with van der Waals surface area (Å²) >= 11 is 0. The Morgan fingerprint density at radius 1 is 0.722 bits per heavy atom. The average Bonchev–Trinajstić information content (AvgIpc) is 2.27. The van der Waals surface area contributed by atoms with Crippen molar-refractivity contribution in [1.29, 1.82) is 0 Å². The van der Waals surface area contributed by atoms with Crippen LogP contribution in [0.4, 0.5) is 13.2 Å². The molecule has 18 heavy (non-hydrogen) atoms. The molecule has 0 heterocycles. The molecule has 0 aromatic heterocycles. The van der Waals surface area contributed by atoms with Gasteiger partial charge in [0.05, 0.1) is 0 Å². The lowest BCUT2D eigenvalue weighted by Gasteiger charge is -2.17. The summed E-state index contributed by atoms with van der Waals surface area (Å²) in [6, 6.07) is 0. The first-order valence-corrected chi connectivity index (χ1v) is 7.56. The molecule has 0 atom stereocenters. The van der Waals surface area contributed by atoms with Gasteiger partial charge < -0.3 is 0 Å². The minimum absolute atomic E-state index is 0.312. The van der Waals surface area contributed by atoms with Crippen molar-refractivity contribution in [3.8, 4) is 0 Å². The molecule has 110 valence electrons. The van der Waals surface area contributed by atoms with Crippen LogP contribution in [0.2, 0.25) is 0 Å². The zero-order valence-corrected chi connectivity index (χ0v) is 12.0. The summed E-state index contributed by atoms with van der Waals surface area (Å²) in [7, 11) is 0. The molecule has 0 aliphatic carbocycles. The molecule has 0 radical (unpaired) electrons. The van der Waals surface area contributed by atoms with Gasteiger partial charge in [-0.25, -0.2) is 0 Å². The van der Waals surface area contributed by atoms with E-state index in [1.165, 1.54) is 38.5 Å². The van der Waals surface area contributed by atoms with Crippen LogP contribution in [-0.4, -0.2) is 6.18 Å². The van der Waals surface area contributed by atoms with Crippen LogP contribution in [0, 0.1) is 5.92 Å². The third-order valence-electron chi connectivity index (χ3n) is 3.50. The second kappa shape index (κ2) is 10.7. The van der Waals surface area contributed by atoms with Crippen molar-refractivity contribution in [2.75, 3.05) is 0 Å². The van der Waals surface area contributed by atoms with Gasteiger partial charge in [-0.3, -0.25) is 0 Å². The SMILES string of the molecule is CCCCCC(CCCCC)CCCC(F)(F)F. The predicted molar refractivity (Wildman–Crippen MR) is 71.7 cm³/mol. The minimum Gasteiger partial charge on any atom is -0.171 e. The summed E-state index contributed by atoms with van der Waals surface area (Å²) < 4.78 is 36.4. The van der Waals surface area contributed by atoms with Crippen LogP contribution in [0.15, 0.2) is 0 Å². The Hall–Kier alpha value is -0.210. The van der Waals surface area contributed by atoms with Crippen molar-refractivity contribution in [1.82, 2.24) is 0 Å². The molecule has 0 aromatic carbocycles. The topological polar surface area (TPSA) is 0 Å². The highest BCUT2D eigenvalue weighted by atomic mass is 19.4. The number of hydrogen-bond acceptors (Lipinski definition) is 0. The molecular weight excluding hydrogens is 237 g/mol. The summed E-state index contributed by atoms with van der Waals surface area (Å²) in [4.78, 5) is 0. The monoisotopic (exact) mass is 266 g/mol. The summed E-state index contributed by atoms with van der Waals surface area (Å²) in [5, 5.41) is 0. The highest BCUT2D eigenvalue weighted by molar-refractivity contribution is 4.62. The van der Waals surface area contributed by atoms with Gasteiger partial charge in [-0.1, -0.05) is 71.6 Å². The highest BCUT2D eigenvalue weighted by Crippen LogP contribution is 2.27. The zero-order valence-electron chi connectivity index (χ0n) is 12.0. The quantitative estimate of drug-likeness (QED) is 0.375. The number of rotatable bonds is 11. The Morgan fingerprint density at radius 3 is 1.56 bits per heavy atom. The smallest absolute Gasteiger partial charge is 0.171 e. The molecule has 0 aliphatic heterocycles. The molecular formula is C15H29F3. The van der Waals surface area contributed by atoms with Gasteiger partial charge in [-0.05, 0) is 12.3 Å². The van der Waals surface area contributed by atoms with Crippen molar-refractivity contribution >= 4 is 0 Å². The highest BCUT2D eigenvalue weighted by Gasteiger charge is 2.26. The van der Waals surface area contributed by atoms with Gasteiger partial charge in [-0.15, -0.1) is 0 Å². The molecule has 0 saturated heterocycles. The summed E-state index contributed by atoms with van der Waals surface area (Å²) in [5.41, 5.74) is 0. The molecule has 0 bridgehead atoms. The van der Waals surface area contributed by atoms with E-state index < -0.39 is 12.6 Å². The van der Waals surface area contributed by atoms with Gasteiger partial charge in [0.25, 0.3) is 0 Å². The first kappa shape index (κ1) is 17.8. The Balaban J connectivity index is 3.80. The lowest BCUT2D eigenvalue weighted by Crippen LogP contribution is -2.09. The molecule has 0 unspecified atom stereocenters. The number of halogens is 3. The van der Waals surface area contributed by atoms with E-state index in [2.05, 4.69) is 13.8 Å². The Bertz CT molecular complexity index is 165. The second-order valence-corrected chi connectivity index (χ2v) is 5.36. The van der Waals surface area contributed by atoms with E-state index in [-0.39, 0.29) is 0 Å². The van der Waals surface area contributed by atoms with Gasteiger partial charge in [-0.2, -0.15) is 13.2 Å². The zero-order chi connectivity index (χ0) is 13.9. The Labute approximate surface area is 110 Å². The van der Waals surface area contributed by atoms with Crippen LogP contribution in [0.25, 0.3) is 0 Å². The van der Waals surface area contributed by atoms with Crippen LogP contribution in [-0.2, 0) is 0 Å². The molecule has 0 aromatic rings. The fraction of sp³-hybridized carbons (Fsp3) is 1.00. The molecule has 0 spiro atoms. The number of hydrogen-bond donors (Lipinski definition) is 0. The normalized spacial score (nSPS) is 12.3. The van der Waals surface area contributed by atoms with Crippen molar-refractivity contribution in [2.45, 2.75) is 90.7 Å². The van der Waals surface area contributed by atoms with E-state index in [1.807, 2.05) is 0 Å². The summed E-state index contributed by atoms with van der Waals surface area (Å²) in [6.07, 6.45) is 5.88. The van der Waals surface area contributed by atoms with E-state index >= 15 is 0 Å². The van der Waals surface area contributed by atoms with E-state index in [0.29, 0.717) is 12.3 Å². The lowest BCUT2D eigenvalue weighted by atomic mass is 9.90. The first-order valence-electron chi connectivity index (χ1n) is 7.56. The van der Waals surface area contributed by atoms with Gasteiger partial charge in [0.15, 0.2) is 0 Å². The van der Waals surface area contributed by atoms with Gasteiger partial charge in [0, 0.05) is 6.42 Å². The van der Waals surface area contributed by atoms with E-state index in [9.17, 15) is 13.2 Å². The Kier molecular flexibility index (Phi) is 10.6. The van der Waals surface area contributed by atoms with Crippen molar-refractivity contribution in [2.24, 2.45) is 5.92 Å². The molecule has 0 fully saturated rings.